The number of hydrogen-bond acceptors (Lipinski definition) is 4. The minimum absolute atomic E-state index is 0.147. The maximum atomic E-state index is 12.0. The van der Waals surface area contributed by atoms with Gasteiger partial charge in [0.1, 0.15) is 11.5 Å². The van der Waals surface area contributed by atoms with Crippen LogP contribution in [0.1, 0.15) is 11.3 Å². The zero-order chi connectivity index (χ0) is 20.7. The normalized spacial score (nSPS) is 11.6. The molecule has 0 aliphatic heterocycles. The molecular weight excluding hydrogens is 412 g/mol. The van der Waals surface area contributed by atoms with Crippen LogP contribution in [-0.4, -0.2) is 20.9 Å². The summed E-state index contributed by atoms with van der Waals surface area (Å²) < 4.78 is 31.8. The predicted octanol–water partition coefficient (Wildman–Crippen LogP) is 3.81. The van der Waals surface area contributed by atoms with Crippen LogP contribution in [-0.2, 0) is 21.4 Å². The lowest BCUT2D eigenvalue weighted by molar-refractivity contribution is -0.120. The van der Waals surface area contributed by atoms with Crippen LogP contribution in [0.3, 0.4) is 0 Å². The Morgan fingerprint density at radius 1 is 1.00 bits per heavy atom. The molecule has 150 valence electrons. The van der Waals surface area contributed by atoms with E-state index >= 15 is 0 Å². The van der Waals surface area contributed by atoms with E-state index in [1.165, 1.54) is 6.08 Å². The molecule has 29 heavy (non-hydrogen) atoms. The third-order valence-corrected chi connectivity index (χ3v) is 5.22. The summed E-state index contributed by atoms with van der Waals surface area (Å²) >= 11 is 5.87. The lowest BCUT2D eigenvalue weighted by atomic mass is 10.2. The van der Waals surface area contributed by atoms with Crippen molar-refractivity contribution in [3.05, 3.63) is 88.5 Å². The molecule has 0 atom stereocenters. The minimum atomic E-state index is -3.72. The Labute approximate surface area is 174 Å². The Hall–Kier alpha value is -2.87. The van der Waals surface area contributed by atoms with Gasteiger partial charge in [-0.25, -0.2) is 13.1 Å². The highest BCUT2D eigenvalue weighted by molar-refractivity contribution is 7.92. The molecule has 0 bridgehead atoms. The Balaban J connectivity index is 1.47. The Morgan fingerprint density at radius 3 is 2.45 bits per heavy atom. The third-order valence-electron chi connectivity index (χ3n) is 3.92. The molecule has 8 heteroatoms. The van der Waals surface area contributed by atoms with Gasteiger partial charge in [-0.2, -0.15) is 0 Å². The quantitative estimate of drug-likeness (QED) is 0.568. The first-order valence-corrected chi connectivity index (χ1v) is 10.7. The number of benzene rings is 2. The molecule has 6 nitrogen and oxygen atoms in total. The monoisotopic (exact) mass is 430 g/mol. The van der Waals surface area contributed by atoms with Crippen molar-refractivity contribution in [2.75, 3.05) is 6.54 Å². The summed E-state index contributed by atoms with van der Waals surface area (Å²) in [5.41, 5.74) is 1.61. The highest BCUT2D eigenvalue weighted by Crippen LogP contribution is 2.23. The maximum Gasteiger partial charge on any atom is 0.235 e. The molecule has 2 aromatic carbocycles. The second-order valence-electron chi connectivity index (χ2n) is 6.13. The van der Waals surface area contributed by atoms with Gasteiger partial charge in [0, 0.05) is 16.0 Å². The van der Waals surface area contributed by atoms with Gasteiger partial charge < -0.3 is 9.73 Å². The molecule has 1 amide bonds. The minimum Gasteiger partial charge on any atom is -0.459 e. The van der Waals surface area contributed by atoms with Gasteiger partial charge in [0.25, 0.3) is 0 Å². The van der Waals surface area contributed by atoms with Crippen LogP contribution in [0.4, 0.5) is 0 Å². The second kappa shape index (κ2) is 9.56. The SMILES string of the molecule is O=C(CNS(=O)(=O)C=Cc1ccccc1)NCc1ccc(-c2ccc(Cl)cc2)o1. The van der Waals surface area contributed by atoms with E-state index in [1.807, 2.05) is 18.2 Å². The van der Waals surface area contributed by atoms with E-state index in [4.69, 9.17) is 16.0 Å². The summed E-state index contributed by atoms with van der Waals surface area (Å²) in [6, 6.07) is 19.7. The molecule has 0 fully saturated rings. The Kier molecular flexibility index (Phi) is 6.87. The molecule has 0 spiro atoms. The van der Waals surface area contributed by atoms with Crippen molar-refractivity contribution in [2.24, 2.45) is 0 Å². The van der Waals surface area contributed by atoms with Crippen molar-refractivity contribution in [2.45, 2.75) is 6.54 Å². The molecule has 0 aliphatic rings. The number of amides is 1. The summed E-state index contributed by atoms with van der Waals surface area (Å²) in [4.78, 5) is 11.9. The molecule has 0 saturated heterocycles. The lowest BCUT2D eigenvalue weighted by Gasteiger charge is -2.04. The number of halogens is 1. The Morgan fingerprint density at radius 2 is 1.72 bits per heavy atom. The van der Waals surface area contributed by atoms with Crippen molar-refractivity contribution < 1.29 is 17.6 Å². The first kappa shape index (κ1) is 20.9. The Bertz CT molecular complexity index is 1090. The van der Waals surface area contributed by atoms with Gasteiger partial charge in [0.2, 0.25) is 15.9 Å². The van der Waals surface area contributed by atoms with E-state index in [0.717, 1.165) is 16.5 Å². The fourth-order valence-electron chi connectivity index (χ4n) is 2.44. The summed E-state index contributed by atoms with van der Waals surface area (Å²) in [5.74, 6) is 0.735. The van der Waals surface area contributed by atoms with Gasteiger partial charge in [0.05, 0.1) is 13.1 Å². The molecule has 1 heterocycles. The van der Waals surface area contributed by atoms with E-state index in [-0.39, 0.29) is 13.1 Å². The molecule has 1 aromatic heterocycles. The van der Waals surface area contributed by atoms with Crippen LogP contribution in [0.2, 0.25) is 5.02 Å². The fourth-order valence-corrected chi connectivity index (χ4v) is 3.33. The molecule has 2 N–H and O–H groups in total. The third kappa shape index (κ3) is 6.60. The highest BCUT2D eigenvalue weighted by Gasteiger charge is 2.10. The number of carbonyl (C=O) groups is 1. The number of furan rings is 1. The zero-order valence-electron chi connectivity index (χ0n) is 15.3. The number of nitrogens with one attached hydrogen (secondary N) is 2. The van der Waals surface area contributed by atoms with E-state index < -0.39 is 15.9 Å². The van der Waals surface area contributed by atoms with E-state index in [9.17, 15) is 13.2 Å². The number of carbonyl (C=O) groups excluding carboxylic acids is 1. The van der Waals surface area contributed by atoms with Crippen LogP contribution in [0.15, 0.2) is 76.6 Å². The van der Waals surface area contributed by atoms with Gasteiger partial charge in [-0.15, -0.1) is 0 Å². The molecule has 3 aromatic rings. The van der Waals surface area contributed by atoms with Crippen molar-refractivity contribution >= 4 is 33.6 Å². The van der Waals surface area contributed by atoms with Crippen LogP contribution in [0, 0.1) is 0 Å². The fraction of sp³-hybridized carbons (Fsp3) is 0.0952. The van der Waals surface area contributed by atoms with E-state index in [1.54, 1.807) is 48.5 Å². The largest absolute Gasteiger partial charge is 0.459 e. The maximum absolute atomic E-state index is 12.0. The van der Waals surface area contributed by atoms with Crippen molar-refractivity contribution in [1.82, 2.24) is 10.0 Å². The van der Waals surface area contributed by atoms with Gasteiger partial charge in [-0.3, -0.25) is 4.79 Å². The highest BCUT2D eigenvalue weighted by atomic mass is 35.5. The van der Waals surface area contributed by atoms with Crippen molar-refractivity contribution in [3.63, 3.8) is 0 Å². The van der Waals surface area contributed by atoms with E-state index in [2.05, 4.69) is 10.0 Å². The standard InChI is InChI=1S/C21H19ClN2O4S/c22-18-8-6-17(7-9-18)20-11-10-19(28-20)14-23-21(25)15-24-29(26,27)13-12-16-4-2-1-3-5-16/h1-13,24H,14-15H2,(H,23,25). The van der Waals surface area contributed by atoms with Crippen molar-refractivity contribution in [3.8, 4) is 11.3 Å². The number of rotatable bonds is 8. The summed E-state index contributed by atoms with van der Waals surface area (Å²) in [6.45, 7) is -0.222. The van der Waals surface area contributed by atoms with E-state index in [0.29, 0.717) is 16.5 Å². The van der Waals surface area contributed by atoms with Crippen molar-refractivity contribution in [1.29, 1.82) is 0 Å². The number of hydrogen-bond donors (Lipinski definition) is 2. The summed E-state index contributed by atoms with van der Waals surface area (Å²) in [5, 5.41) is 4.28. The van der Waals surface area contributed by atoms with Crippen LogP contribution in [0.25, 0.3) is 17.4 Å². The molecule has 3 rings (SSSR count). The molecule has 0 aliphatic carbocycles. The molecule has 0 radical (unpaired) electrons. The van der Waals surface area contributed by atoms with Crippen LogP contribution in [0.5, 0.6) is 0 Å². The van der Waals surface area contributed by atoms with Crippen LogP contribution < -0.4 is 10.0 Å². The van der Waals surface area contributed by atoms with Crippen LogP contribution >= 0.6 is 11.6 Å². The van der Waals surface area contributed by atoms with Gasteiger partial charge in [-0.05, 0) is 48.0 Å². The molecule has 0 saturated carbocycles. The average Bonchev–Trinajstić information content (AvgIpc) is 3.20. The lowest BCUT2D eigenvalue weighted by Crippen LogP contribution is -2.35. The summed E-state index contributed by atoms with van der Waals surface area (Å²) in [6.07, 6.45) is 1.46. The topological polar surface area (TPSA) is 88.4 Å². The zero-order valence-corrected chi connectivity index (χ0v) is 16.9. The van der Waals surface area contributed by atoms with Gasteiger partial charge in [0.15, 0.2) is 0 Å². The second-order valence-corrected chi connectivity index (χ2v) is 8.22. The van der Waals surface area contributed by atoms with Gasteiger partial charge >= 0.3 is 0 Å². The molecule has 0 unspecified atom stereocenters. The first-order valence-electron chi connectivity index (χ1n) is 8.75. The number of sulfonamides is 1. The van der Waals surface area contributed by atoms with Gasteiger partial charge in [-0.1, -0.05) is 41.9 Å². The smallest absolute Gasteiger partial charge is 0.235 e. The molecular formula is C21H19ClN2O4S. The predicted molar refractivity (Wildman–Crippen MR) is 113 cm³/mol. The summed E-state index contributed by atoms with van der Waals surface area (Å²) in [7, 11) is -3.72. The first-order chi connectivity index (χ1) is 13.9. The average molecular weight is 431 g/mol.